The predicted molar refractivity (Wildman–Crippen MR) is 129 cm³/mol. The highest BCUT2D eigenvalue weighted by atomic mass is 79.9. The fourth-order valence-electron chi connectivity index (χ4n) is 2.87. The van der Waals surface area contributed by atoms with Gasteiger partial charge in [0.15, 0.2) is 11.5 Å². The van der Waals surface area contributed by atoms with Gasteiger partial charge in [-0.3, -0.25) is 14.9 Å². The molecule has 1 amide bonds. The molecule has 170 valence electrons. The molecule has 0 aliphatic carbocycles. The number of amides is 1. The number of hydrogen-bond acceptors (Lipinski definition) is 6. The maximum Gasteiger partial charge on any atom is 0.271 e. The van der Waals surface area contributed by atoms with E-state index in [-0.39, 0.29) is 18.2 Å². The van der Waals surface area contributed by atoms with E-state index in [9.17, 15) is 14.9 Å². The zero-order valence-corrected chi connectivity index (χ0v) is 19.7. The molecule has 0 spiro atoms. The first kappa shape index (κ1) is 23.9. The number of nitrogens with one attached hydrogen (secondary N) is 1. The largest absolute Gasteiger partial charge is 0.490 e. The maximum absolute atomic E-state index is 12.2. The Kier molecular flexibility index (Phi) is 8.15. The van der Waals surface area contributed by atoms with E-state index < -0.39 is 4.92 Å². The highest BCUT2D eigenvalue weighted by Crippen LogP contribution is 2.37. The van der Waals surface area contributed by atoms with Crippen molar-refractivity contribution < 1.29 is 19.2 Å². The zero-order chi connectivity index (χ0) is 23.8. The molecule has 0 aromatic heterocycles. The van der Waals surface area contributed by atoms with E-state index in [4.69, 9.17) is 9.47 Å². The molecular formula is C24H22BrN3O5. The smallest absolute Gasteiger partial charge is 0.271 e. The minimum atomic E-state index is -0.447. The fraction of sp³-hybridized carbons (Fsp3) is 0.167. The number of carbonyl (C=O) groups is 1. The first-order chi connectivity index (χ1) is 15.9. The summed E-state index contributed by atoms with van der Waals surface area (Å²) in [5.74, 6) is 0.689. The van der Waals surface area contributed by atoms with E-state index in [1.807, 2.05) is 26.0 Å². The Morgan fingerprint density at radius 1 is 1.12 bits per heavy atom. The molecular weight excluding hydrogens is 490 g/mol. The summed E-state index contributed by atoms with van der Waals surface area (Å²) < 4.78 is 12.3. The number of benzene rings is 3. The minimum Gasteiger partial charge on any atom is -0.490 e. The summed E-state index contributed by atoms with van der Waals surface area (Å²) >= 11 is 3.49. The third kappa shape index (κ3) is 6.63. The highest BCUT2D eigenvalue weighted by Gasteiger charge is 2.13. The molecule has 33 heavy (non-hydrogen) atoms. The fourth-order valence-corrected chi connectivity index (χ4v) is 3.44. The van der Waals surface area contributed by atoms with Gasteiger partial charge in [-0.1, -0.05) is 17.7 Å². The molecule has 0 bridgehead atoms. The van der Waals surface area contributed by atoms with Gasteiger partial charge in [-0.05, 0) is 77.3 Å². The summed E-state index contributed by atoms with van der Waals surface area (Å²) in [6.45, 7) is 4.44. The van der Waals surface area contributed by atoms with Crippen LogP contribution in [0.2, 0.25) is 0 Å². The third-order valence-corrected chi connectivity index (χ3v) is 5.14. The van der Waals surface area contributed by atoms with Gasteiger partial charge in [0.1, 0.15) is 6.61 Å². The number of halogens is 1. The summed E-state index contributed by atoms with van der Waals surface area (Å²) in [6, 6.07) is 16.9. The number of nitrogens with zero attached hydrogens (tertiary/aromatic N) is 2. The third-order valence-electron chi connectivity index (χ3n) is 4.56. The monoisotopic (exact) mass is 511 g/mol. The van der Waals surface area contributed by atoms with Crippen molar-refractivity contribution in [2.24, 2.45) is 5.10 Å². The molecule has 0 saturated carbocycles. The Morgan fingerprint density at radius 2 is 1.82 bits per heavy atom. The van der Waals surface area contributed by atoms with Crippen LogP contribution in [0.1, 0.15) is 34.0 Å². The molecule has 0 atom stereocenters. The lowest BCUT2D eigenvalue weighted by atomic mass is 10.1. The number of ether oxygens (including phenoxy) is 2. The molecule has 3 rings (SSSR count). The molecule has 8 nitrogen and oxygen atoms in total. The SMILES string of the molecule is CCOc1cc(/C=N/NC(=O)c2ccc(C)cc2)cc(Br)c1OCc1ccc([N+](=O)[O-])cc1. The summed E-state index contributed by atoms with van der Waals surface area (Å²) in [6.07, 6.45) is 1.51. The quantitative estimate of drug-likeness (QED) is 0.235. The van der Waals surface area contributed by atoms with Gasteiger partial charge >= 0.3 is 0 Å². The Hall–Kier alpha value is -3.72. The lowest BCUT2D eigenvalue weighted by Crippen LogP contribution is -2.17. The lowest BCUT2D eigenvalue weighted by molar-refractivity contribution is -0.384. The van der Waals surface area contributed by atoms with Crippen LogP contribution >= 0.6 is 15.9 Å². The Balaban J connectivity index is 1.70. The van der Waals surface area contributed by atoms with Crippen LogP contribution in [0.25, 0.3) is 0 Å². The van der Waals surface area contributed by atoms with Crippen molar-refractivity contribution in [3.63, 3.8) is 0 Å². The van der Waals surface area contributed by atoms with Crippen LogP contribution in [0.3, 0.4) is 0 Å². The average molecular weight is 512 g/mol. The molecule has 0 aliphatic rings. The van der Waals surface area contributed by atoms with Gasteiger partial charge in [-0.25, -0.2) is 5.43 Å². The second-order valence-corrected chi connectivity index (χ2v) is 7.89. The Labute approximate surface area is 199 Å². The topological polar surface area (TPSA) is 103 Å². The number of non-ortho nitro benzene ring substituents is 1. The molecule has 3 aromatic carbocycles. The van der Waals surface area contributed by atoms with Gasteiger partial charge in [-0.2, -0.15) is 5.10 Å². The zero-order valence-electron chi connectivity index (χ0n) is 18.1. The van der Waals surface area contributed by atoms with E-state index in [2.05, 4.69) is 26.5 Å². The number of nitro benzene ring substituents is 1. The molecule has 9 heteroatoms. The number of hydrazone groups is 1. The molecule has 0 unspecified atom stereocenters. The maximum atomic E-state index is 12.2. The lowest BCUT2D eigenvalue weighted by Gasteiger charge is -2.14. The highest BCUT2D eigenvalue weighted by molar-refractivity contribution is 9.10. The van der Waals surface area contributed by atoms with Crippen LogP contribution < -0.4 is 14.9 Å². The van der Waals surface area contributed by atoms with E-state index >= 15 is 0 Å². The van der Waals surface area contributed by atoms with Crippen molar-refractivity contribution >= 4 is 33.7 Å². The van der Waals surface area contributed by atoms with Crippen LogP contribution in [-0.2, 0) is 6.61 Å². The molecule has 1 N–H and O–H groups in total. The number of hydrogen-bond donors (Lipinski definition) is 1. The van der Waals surface area contributed by atoms with Crippen molar-refractivity contribution in [2.75, 3.05) is 6.61 Å². The first-order valence-corrected chi connectivity index (χ1v) is 10.9. The summed E-state index contributed by atoms with van der Waals surface area (Å²) in [4.78, 5) is 22.6. The van der Waals surface area contributed by atoms with E-state index in [0.29, 0.717) is 33.7 Å². The normalized spacial score (nSPS) is 10.8. The number of carbonyl (C=O) groups excluding carboxylic acids is 1. The van der Waals surface area contributed by atoms with Crippen molar-refractivity contribution in [3.8, 4) is 11.5 Å². The summed E-state index contributed by atoms with van der Waals surface area (Å²) in [7, 11) is 0. The summed E-state index contributed by atoms with van der Waals surface area (Å²) in [5.41, 5.74) is 5.58. The molecule has 0 fully saturated rings. The molecule has 3 aromatic rings. The second kappa shape index (κ2) is 11.2. The van der Waals surface area contributed by atoms with Crippen LogP contribution in [0.15, 0.2) is 70.2 Å². The van der Waals surface area contributed by atoms with Crippen molar-refractivity contribution in [2.45, 2.75) is 20.5 Å². The molecule has 0 saturated heterocycles. The van der Waals surface area contributed by atoms with E-state index in [1.165, 1.54) is 18.3 Å². The van der Waals surface area contributed by atoms with E-state index in [0.717, 1.165) is 11.1 Å². The van der Waals surface area contributed by atoms with Gasteiger partial charge in [0.2, 0.25) is 0 Å². The number of aryl methyl sites for hydroxylation is 1. The molecule has 0 aliphatic heterocycles. The summed E-state index contributed by atoms with van der Waals surface area (Å²) in [5, 5.41) is 14.8. The van der Waals surface area contributed by atoms with Gasteiger partial charge in [-0.15, -0.1) is 0 Å². The molecule has 0 radical (unpaired) electrons. The van der Waals surface area contributed by atoms with Gasteiger partial charge in [0.05, 0.1) is 22.2 Å². The van der Waals surface area contributed by atoms with Crippen molar-refractivity contribution in [3.05, 3.63) is 97.5 Å². The van der Waals surface area contributed by atoms with Crippen LogP contribution in [-0.4, -0.2) is 23.7 Å². The second-order valence-electron chi connectivity index (χ2n) is 7.04. The minimum absolute atomic E-state index is 0.0213. The number of nitro groups is 1. The van der Waals surface area contributed by atoms with Gasteiger partial charge in [0.25, 0.3) is 11.6 Å². The van der Waals surface area contributed by atoms with E-state index in [1.54, 1.807) is 36.4 Å². The van der Waals surface area contributed by atoms with Crippen LogP contribution in [0.5, 0.6) is 11.5 Å². The standard InChI is InChI=1S/C24H22BrN3O5/c1-3-32-22-13-18(14-26-27-24(29)19-8-4-16(2)5-9-19)12-21(25)23(22)33-15-17-6-10-20(11-7-17)28(30)31/h4-14H,3,15H2,1-2H3,(H,27,29)/b26-14+. The van der Waals surface area contributed by atoms with Crippen LogP contribution in [0, 0.1) is 17.0 Å². The van der Waals surface area contributed by atoms with Gasteiger partial charge < -0.3 is 9.47 Å². The number of rotatable bonds is 9. The van der Waals surface area contributed by atoms with Crippen LogP contribution in [0.4, 0.5) is 5.69 Å². The Morgan fingerprint density at radius 3 is 2.45 bits per heavy atom. The van der Waals surface area contributed by atoms with Crippen molar-refractivity contribution in [1.82, 2.24) is 5.43 Å². The van der Waals surface area contributed by atoms with Gasteiger partial charge in [0, 0.05) is 17.7 Å². The average Bonchev–Trinajstić information content (AvgIpc) is 2.79. The molecule has 0 heterocycles. The van der Waals surface area contributed by atoms with Crippen molar-refractivity contribution in [1.29, 1.82) is 0 Å². The Bertz CT molecular complexity index is 1160. The predicted octanol–water partition coefficient (Wildman–Crippen LogP) is 5.41. The first-order valence-electron chi connectivity index (χ1n) is 10.1.